The second-order valence-corrected chi connectivity index (χ2v) is 9.41. The van der Waals surface area contributed by atoms with E-state index in [1.165, 1.54) is 11.3 Å². The minimum atomic E-state index is -0.272. The number of thiazole rings is 1. The van der Waals surface area contributed by atoms with Crippen molar-refractivity contribution in [2.24, 2.45) is 0 Å². The second kappa shape index (κ2) is 8.05. The van der Waals surface area contributed by atoms with Crippen molar-refractivity contribution in [1.29, 1.82) is 0 Å². The van der Waals surface area contributed by atoms with Crippen molar-refractivity contribution in [2.45, 2.75) is 44.9 Å². The van der Waals surface area contributed by atoms with Gasteiger partial charge in [-0.25, -0.2) is 9.97 Å². The Hall–Kier alpha value is -2.78. The number of hydrogen-bond acceptors (Lipinski definition) is 7. The van der Waals surface area contributed by atoms with E-state index in [4.69, 9.17) is 4.98 Å². The van der Waals surface area contributed by atoms with Crippen molar-refractivity contribution in [3.05, 3.63) is 52.1 Å². The molecule has 0 bridgehead atoms. The number of nitrogens with zero attached hydrogens (tertiary/aromatic N) is 5. The summed E-state index contributed by atoms with van der Waals surface area (Å²) in [4.78, 5) is 40.3. The molecular formula is C22H26N6O2S. The van der Waals surface area contributed by atoms with Gasteiger partial charge in [0.05, 0.1) is 6.54 Å². The number of likely N-dealkylation sites (N-methyl/N-ethyl adjacent to an activating group) is 1. The van der Waals surface area contributed by atoms with Crippen LogP contribution in [-0.2, 0) is 17.9 Å². The molecule has 1 unspecified atom stereocenters. The van der Waals surface area contributed by atoms with Crippen LogP contribution < -0.4 is 15.8 Å². The molecule has 1 aromatic carbocycles. The van der Waals surface area contributed by atoms with Crippen LogP contribution in [0.15, 0.2) is 35.1 Å². The van der Waals surface area contributed by atoms with E-state index in [0.717, 1.165) is 37.3 Å². The minimum Gasteiger partial charge on any atom is -0.350 e. The molecule has 5 rings (SSSR count). The molecule has 162 valence electrons. The molecule has 0 saturated carbocycles. The van der Waals surface area contributed by atoms with E-state index < -0.39 is 0 Å². The number of amides is 1. The van der Waals surface area contributed by atoms with Gasteiger partial charge in [0.2, 0.25) is 5.91 Å². The van der Waals surface area contributed by atoms with Crippen molar-refractivity contribution in [2.75, 3.05) is 25.0 Å². The molecule has 2 aliphatic heterocycles. The van der Waals surface area contributed by atoms with Crippen LogP contribution in [0.3, 0.4) is 0 Å². The highest BCUT2D eigenvalue weighted by molar-refractivity contribution is 7.21. The van der Waals surface area contributed by atoms with Gasteiger partial charge in [0.25, 0.3) is 5.56 Å². The first kappa shape index (κ1) is 20.1. The highest BCUT2D eigenvalue weighted by Gasteiger charge is 2.33. The Labute approximate surface area is 184 Å². The van der Waals surface area contributed by atoms with Gasteiger partial charge >= 0.3 is 0 Å². The zero-order chi connectivity index (χ0) is 21.5. The van der Waals surface area contributed by atoms with Gasteiger partial charge in [-0.15, -0.1) is 0 Å². The largest absolute Gasteiger partial charge is 0.350 e. The third-order valence-corrected chi connectivity index (χ3v) is 7.05. The Kier molecular flexibility index (Phi) is 5.23. The number of anilines is 1. The molecule has 2 aromatic heterocycles. The first-order valence-corrected chi connectivity index (χ1v) is 11.5. The number of hydrogen-bond donors (Lipinski definition) is 1. The normalized spacial score (nSPS) is 21.4. The summed E-state index contributed by atoms with van der Waals surface area (Å²) in [6.07, 6.45) is 1.70. The molecule has 1 N–H and O–H groups in total. The molecule has 0 aliphatic carbocycles. The lowest BCUT2D eigenvalue weighted by Gasteiger charge is -2.30. The monoisotopic (exact) mass is 438 g/mol. The lowest BCUT2D eigenvalue weighted by molar-refractivity contribution is -0.122. The molecule has 4 heterocycles. The van der Waals surface area contributed by atoms with Gasteiger partial charge in [-0.3, -0.25) is 19.1 Å². The van der Waals surface area contributed by atoms with E-state index in [2.05, 4.69) is 15.2 Å². The molecule has 0 radical (unpaired) electrons. The van der Waals surface area contributed by atoms with Crippen LogP contribution in [-0.4, -0.2) is 51.5 Å². The minimum absolute atomic E-state index is 0.000156. The fourth-order valence-corrected chi connectivity index (χ4v) is 5.64. The highest BCUT2D eigenvalue weighted by atomic mass is 32.1. The van der Waals surface area contributed by atoms with E-state index in [-0.39, 0.29) is 23.6 Å². The maximum atomic E-state index is 13.1. The predicted octanol–water partition coefficient (Wildman–Crippen LogP) is 2.14. The summed E-state index contributed by atoms with van der Waals surface area (Å²) >= 11 is 1.41. The van der Waals surface area contributed by atoms with E-state index in [0.29, 0.717) is 28.6 Å². The lowest BCUT2D eigenvalue weighted by atomic mass is 10.2. The molecule has 9 heteroatoms. The third kappa shape index (κ3) is 3.72. The number of carbonyl (C=O) groups is 1. The first-order chi connectivity index (χ1) is 15.0. The van der Waals surface area contributed by atoms with Gasteiger partial charge in [0.1, 0.15) is 11.9 Å². The molecule has 1 saturated heterocycles. The van der Waals surface area contributed by atoms with Gasteiger partial charge in [0.15, 0.2) is 15.5 Å². The quantitative estimate of drug-likeness (QED) is 0.672. The van der Waals surface area contributed by atoms with Crippen LogP contribution in [0, 0.1) is 0 Å². The van der Waals surface area contributed by atoms with Crippen LogP contribution in [0.4, 0.5) is 5.13 Å². The third-order valence-electron chi connectivity index (χ3n) is 6.07. The van der Waals surface area contributed by atoms with Gasteiger partial charge in [0, 0.05) is 25.7 Å². The molecule has 8 nitrogen and oxygen atoms in total. The number of rotatable bonds is 4. The van der Waals surface area contributed by atoms with Gasteiger partial charge in [-0.1, -0.05) is 41.7 Å². The Morgan fingerprint density at radius 1 is 1.26 bits per heavy atom. The molecule has 1 fully saturated rings. The Morgan fingerprint density at radius 3 is 2.87 bits per heavy atom. The molecule has 0 spiro atoms. The Bertz CT molecular complexity index is 1170. The number of aromatic nitrogens is 3. The summed E-state index contributed by atoms with van der Waals surface area (Å²) < 4.78 is 1.78. The molecule has 2 atom stereocenters. The standard InChI is InChI=1S/C22H26N6O2S/c1-14-12-26(2)13-17-24-20-18(21(30)28(14)17)25-22(31-20)27-10-6-9-16(27)19(29)23-11-15-7-4-3-5-8-15/h3-5,7-8,14,16H,6,9-13H2,1-2H3,(H,23,29)/t14-,16?/m0/s1. The lowest BCUT2D eigenvalue weighted by Crippen LogP contribution is -2.43. The number of fused-ring (bicyclic) bond motifs is 2. The Balaban J connectivity index is 1.41. The van der Waals surface area contributed by atoms with E-state index in [1.54, 1.807) is 4.57 Å². The topological polar surface area (TPSA) is 83.4 Å². The summed E-state index contributed by atoms with van der Waals surface area (Å²) in [5.41, 5.74) is 1.41. The van der Waals surface area contributed by atoms with Crippen LogP contribution in [0.25, 0.3) is 10.3 Å². The average molecular weight is 439 g/mol. The first-order valence-electron chi connectivity index (χ1n) is 10.7. The second-order valence-electron chi connectivity index (χ2n) is 8.45. The van der Waals surface area contributed by atoms with E-state index in [9.17, 15) is 9.59 Å². The van der Waals surface area contributed by atoms with Crippen molar-refractivity contribution in [3.8, 4) is 0 Å². The van der Waals surface area contributed by atoms with Crippen molar-refractivity contribution >= 4 is 32.7 Å². The zero-order valence-corrected chi connectivity index (χ0v) is 18.6. The predicted molar refractivity (Wildman–Crippen MR) is 121 cm³/mol. The van der Waals surface area contributed by atoms with Gasteiger partial charge < -0.3 is 10.2 Å². The van der Waals surface area contributed by atoms with Gasteiger partial charge in [-0.05, 0) is 32.4 Å². The van der Waals surface area contributed by atoms with Crippen LogP contribution in [0.5, 0.6) is 0 Å². The van der Waals surface area contributed by atoms with Crippen LogP contribution in [0.2, 0.25) is 0 Å². The van der Waals surface area contributed by atoms with E-state index >= 15 is 0 Å². The summed E-state index contributed by atoms with van der Waals surface area (Å²) in [5.74, 6) is 0.785. The number of benzene rings is 1. The maximum absolute atomic E-state index is 13.1. The molecule has 1 amide bonds. The summed E-state index contributed by atoms with van der Waals surface area (Å²) in [6.45, 7) is 4.76. The molecular weight excluding hydrogens is 412 g/mol. The SMILES string of the molecule is C[C@H]1CN(C)Cc2nc3sc(N4CCCC4C(=O)NCc4ccccc4)nc3c(=O)n21. The fraction of sp³-hybridized carbons (Fsp3) is 0.455. The van der Waals surface area contributed by atoms with Crippen molar-refractivity contribution < 1.29 is 4.79 Å². The number of nitrogens with one attached hydrogen (secondary N) is 1. The fourth-order valence-electron chi connectivity index (χ4n) is 4.62. The summed E-state index contributed by atoms with van der Waals surface area (Å²) in [5, 5.41) is 3.76. The highest BCUT2D eigenvalue weighted by Crippen LogP contribution is 2.32. The van der Waals surface area contributed by atoms with Crippen molar-refractivity contribution in [3.63, 3.8) is 0 Å². The van der Waals surface area contributed by atoms with Crippen LogP contribution >= 0.6 is 11.3 Å². The summed E-state index contributed by atoms with van der Waals surface area (Å²) in [6, 6.07) is 9.68. The van der Waals surface area contributed by atoms with Crippen LogP contribution in [0.1, 0.15) is 37.2 Å². The van der Waals surface area contributed by atoms with E-state index in [1.807, 2.05) is 49.2 Å². The molecule has 31 heavy (non-hydrogen) atoms. The summed E-state index contributed by atoms with van der Waals surface area (Å²) in [7, 11) is 2.04. The zero-order valence-electron chi connectivity index (χ0n) is 17.7. The number of carbonyl (C=O) groups excluding carboxylic acids is 1. The molecule has 3 aromatic rings. The molecule has 2 aliphatic rings. The van der Waals surface area contributed by atoms with Crippen molar-refractivity contribution in [1.82, 2.24) is 24.8 Å². The average Bonchev–Trinajstić information content (AvgIpc) is 3.39. The van der Waals surface area contributed by atoms with Gasteiger partial charge in [-0.2, -0.15) is 0 Å². The maximum Gasteiger partial charge on any atom is 0.281 e. The smallest absolute Gasteiger partial charge is 0.281 e. The Morgan fingerprint density at radius 2 is 2.06 bits per heavy atom.